The van der Waals surface area contributed by atoms with Crippen LogP contribution in [0.5, 0.6) is 11.5 Å². The Hall–Kier alpha value is -3.28. The fourth-order valence-corrected chi connectivity index (χ4v) is 4.16. The third-order valence-electron chi connectivity index (χ3n) is 5.74. The predicted molar refractivity (Wildman–Crippen MR) is 121 cm³/mol. The molecule has 1 aliphatic heterocycles. The first kappa shape index (κ1) is 21.0. The van der Waals surface area contributed by atoms with Crippen LogP contribution < -0.4 is 9.47 Å². The number of hydrogen-bond acceptors (Lipinski definition) is 4. The van der Waals surface area contributed by atoms with Crippen LogP contribution in [0.2, 0.25) is 0 Å². The number of fused-ring (bicyclic) bond motifs is 1. The van der Waals surface area contributed by atoms with E-state index in [9.17, 15) is 4.79 Å². The fraction of sp³-hybridized carbons (Fsp3) is 0.360. The van der Waals surface area contributed by atoms with Crippen molar-refractivity contribution in [2.24, 2.45) is 0 Å². The fourth-order valence-electron chi connectivity index (χ4n) is 4.16. The third-order valence-corrected chi connectivity index (χ3v) is 5.74. The molecule has 0 saturated heterocycles. The second-order valence-corrected chi connectivity index (χ2v) is 7.82. The minimum Gasteiger partial charge on any atom is -0.493 e. The Kier molecular flexibility index (Phi) is 5.98. The number of hydrogen-bond donors (Lipinski definition) is 1. The molecular formula is C25H29N3O3. The van der Waals surface area contributed by atoms with Gasteiger partial charge in [-0.15, -0.1) is 0 Å². The van der Waals surface area contributed by atoms with Crippen molar-refractivity contribution in [1.82, 2.24) is 15.1 Å². The van der Waals surface area contributed by atoms with E-state index in [4.69, 9.17) is 9.47 Å². The first-order valence-corrected chi connectivity index (χ1v) is 10.9. The molecule has 2 heterocycles. The summed E-state index contributed by atoms with van der Waals surface area (Å²) in [5.74, 6) is 1.35. The zero-order chi connectivity index (χ0) is 22.0. The number of methoxy groups -OCH3 is 1. The Morgan fingerprint density at radius 2 is 1.87 bits per heavy atom. The molecule has 1 aromatic heterocycles. The van der Waals surface area contributed by atoms with E-state index in [0.717, 1.165) is 35.2 Å². The number of aromatic amines is 1. The summed E-state index contributed by atoms with van der Waals surface area (Å²) in [5.41, 5.74) is 5.49. The summed E-state index contributed by atoms with van der Waals surface area (Å²) in [6, 6.07) is 13.9. The molecule has 1 N–H and O–H groups in total. The molecule has 1 atom stereocenters. The van der Waals surface area contributed by atoms with E-state index in [-0.39, 0.29) is 11.9 Å². The van der Waals surface area contributed by atoms with Crippen molar-refractivity contribution in [2.45, 2.75) is 39.7 Å². The molecular weight excluding hydrogens is 390 g/mol. The van der Waals surface area contributed by atoms with E-state index in [1.54, 1.807) is 7.11 Å². The van der Waals surface area contributed by atoms with Gasteiger partial charge in [0, 0.05) is 17.7 Å². The number of unbranched alkanes of at least 4 members (excludes halogenated alkanes) is 1. The molecule has 1 amide bonds. The van der Waals surface area contributed by atoms with Gasteiger partial charge in [-0.2, -0.15) is 5.10 Å². The number of ether oxygens (including phenoxy) is 2. The standard InChI is InChI=1S/C25H29N3O3/c1-5-7-14-28-24(18-12-13-19(31-6-2)20(15-18)30-4)21-22(26-27-23(21)25(28)29)17-10-8-16(3)9-11-17/h8-13,15,24H,5-7,14H2,1-4H3,(H,26,27). The number of carbonyl (C=O) groups excluding carboxylic acids is 1. The summed E-state index contributed by atoms with van der Waals surface area (Å²) in [5, 5.41) is 7.56. The van der Waals surface area contributed by atoms with Crippen LogP contribution in [0.15, 0.2) is 42.5 Å². The average molecular weight is 420 g/mol. The monoisotopic (exact) mass is 419 g/mol. The van der Waals surface area contributed by atoms with Gasteiger partial charge in [0.05, 0.1) is 25.5 Å². The molecule has 1 aliphatic rings. The van der Waals surface area contributed by atoms with Crippen LogP contribution in [0.3, 0.4) is 0 Å². The lowest BCUT2D eigenvalue weighted by molar-refractivity contribution is 0.0741. The third kappa shape index (κ3) is 3.78. The number of carbonyl (C=O) groups is 1. The summed E-state index contributed by atoms with van der Waals surface area (Å²) in [6.45, 7) is 7.38. The number of benzene rings is 2. The molecule has 3 aromatic rings. The lowest BCUT2D eigenvalue weighted by atomic mass is 9.95. The van der Waals surface area contributed by atoms with Crippen molar-refractivity contribution in [3.05, 3.63) is 64.8 Å². The molecule has 0 fully saturated rings. The molecule has 6 nitrogen and oxygen atoms in total. The molecule has 0 saturated carbocycles. The van der Waals surface area contributed by atoms with E-state index >= 15 is 0 Å². The second kappa shape index (κ2) is 8.84. The smallest absolute Gasteiger partial charge is 0.273 e. The van der Waals surface area contributed by atoms with Crippen molar-refractivity contribution >= 4 is 5.91 Å². The van der Waals surface area contributed by atoms with Gasteiger partial charge in [0.25, 0.3) is 5.91 Å². The molecule has 0 radical (unpaired) electrons. The van der Waals surface area contributed by atoms with Crippen LogP contribution in [0.1, 0.15) is 59.9 Å². The molecule has 4 rings (SSSR count). The van der Waals surface area contributed by atoms with Gasteiger partial charge in [-0.1, -0.05) is 49.2 Å². The summed E-state index contributed by atoms with van der Waals surface area (Å²) in [7, 11) is 1.64. The van der Waals surface area contributed by atoms with Crippen molar-refractivity contribution < 1.29 is 14.3 Å². The quantitative estimate of drug-likeness (QED) is 0.549. The van der Waals surface area contributed by atoms with Gasteiger partial charge in [0.15, 0.2) is 11.5 Å². The van der Waals surface area contributed by atoms with Crippen LogP contribution in [0.25, 0.3) is 11.3 Å². The van der Waals surface area contributed by atoms with Gasteiger partial charge in [-0.25, -0.2) is 0 Å². The number of nitrogens with one attached hydrogen (secondary N) is 1. The highest BCUT2D eigenvalue weighted by atomic mass is 16.5. The van der Waals surface area contributed by atoms with Gasteiger partial charge < -0.3 is 14.4 Å². The van der Waals surface area contributed by atoms with E-state index in [1.807, 2.05) is 30.0 Å². The minimum atomic E-state index is -0.228. The molecule has 0 bridgehead atoms. The molecule has 31 heavy (non-hydrogen) atoms. The molecule has 0 spiro atoms. The van der Waals surface area contributed by atoms with Gasteiger partial charge in [0.2, 0.25) is 0 Å². The summed E-state index contributed by atoms with van der Waals surface area (Å²) < 4.78 is 11.3. The van der Waals surface area contributed by atoms with Crippen molar-refractivity contribution in [3.63, 3.8) is 0 Å². The van der Waals surface area contributed by atoms with E-state index < -0.39 is 0 Å². The molecule has 1 unspecified atom stereocenters. The van der Waals surface area contributed by atoms with Gasteiger partial charge in [-0.05, 0) is 38.0 Å². The van der Waals surface area contributed by atoms with Gasteiger partial charge >= 0.3 is 0 Å². The highest BCUT2D eigenvalue weighted by Crippen LogP contribution is 2.44. The Morgan fingerprint density at radius 1 is 1.10 bits per heavy atom. The van der Waals surface area contributed by atoms with Crippen molar-refractivity contribution in [1.29, 1.82) is 0 Å². The lowest BCUT2D eigenvalue weighted by Crippen LogP contribution is -2.30. The summed E-state index contributed by atoms with van der Waals surface area (Å²) >= 11 is 0. The van der Waals surface area contributed by atoms with Crippen molar-refractivity contribution in [2.75, 3.05) is 20.3 Å². The first-order valence-electron chi connectivity index (χ1n) is 10.9. The highest BCUT2D eigenvalue weighted by Gasteiger charge is 2.42. The summed E-state index contributed by atoms with van der Waals surface area (Å²) in [6.07, 6.45) is 1.95. The Bertz CT molecular complexity index is 1070. The minimum absolute atomic E-state index is 0.00726. The predicted octanol–water partition coefficient (Wildman–Crippen LogP) is 5.14. The molecule has 6 heteroatoms. The second-order valence-electron chi connectivity index (χ2n) is 7.82. The Labute approximate surface area is 183 Å². The number of aromatic nitrogens is 2. The van der Waals surface area contributed by atoms with Gasteiger partial charge in [-0.3, -0.25) is 9.89 Å². The number of aryl methyl sites for hydroxylation is 1. The summed E-state index contributed by atoms with van der Waals surface area (Å²) in [4.78, 5) is 15.3. The number of H-pyrrole nitrogens is 1. The van der Waals surface area contributed by atoms with Crippen LogP contribution in [-0.4, -0.2) is 41.3 Å². The zero-order valence-corrected chi connectivity index (χ0v) is 18.6. The first-order chi connectivity index (χ1) is 15.1. The Balaban J connectivity index is 1.84. The zero-order valence-electron chi connectivity index (χ0n) is 18.6. The highest BCUT2D eigenvalue weighted by molar-refractivity contribution is 6.00. The van der Waals surface area contributed by atoms with Crippen LogP contribution in [0, 0.1) is 6.92 Å². The van der Waals surface area contributed by atoms with E-state index in [2.05, 4.69) is 48.3 Å². The Morgan fingerprint density at radius 3 is 2.55 bits per heavy atom. The average Bonchev–Trinajstić information content (AvgIpc) is 3.32. The topological polar surface area (TPSA) is 67.5 Å². The molecule has 162 valence electrons. The van der Waals surface area contributed by atoms with Crippen LogP contribution in [-0.2, 0) is 0 Å². The SMILES string of the molecule is CCCCN1C(=O)c2[nH]nc(-c3ccc(C)cc3)c2C1c1ccc(OCC)c(OC)c1. The lowest BCUT2D eigenvalue weighted by Gasteiger charge is -2.27. The maximum Gasteiger partial charge on any atom is 0.273 e. The molecule has 0 aliphatic carbocycles. The molecule has 2 aromatic carbocycles. The van der Waals surface area contributed by atoms with Gasteiger partial charge in [0.1, 0.15) is 5.69 Å². The number of amides is 1. The van der Waals surface area contributed by atoms with Crippen LogP contribution in [0.4, 0.5) is 0 Å². The van der Waals surface area contributed by atoms with Crippen molar-refractivity contribution in [3.8, 4) is 22.8 Å². The maximum absolute atomic E-state index is 13.3. The number of nitrogens with zero attached hydrogens (tertiary/aromatic N) is 2. The normalized spacial score (nSPS) is 15.3. The van der Waals surface area contributed by atoms with Crippen LogP contribution >= 0.6 is 0 Å². The largest absolute Gasteiger partial charge is 0.493 e. The van der Waals surface area contributed by atoms with E-state index in [0.29, 0.717) is 30.3 Å². The van der Waals surface area contributed by atoms with E-state index in [1.165, 1.54) is 5.56 Å². The maximum atomic E-state index is 13.3. The number of rotatable bonds is 8.